The number of pyridine rings is 1. The third-order valence-electron chi connectivity index (χ3n) is 3.20. The molecule has 1 N–H and O–H groups in total. The number of nitrogens with zero attached hydrogens (tertiary/aromatic N) is 1. The minimum atomic E-state index is 0.971. The van der Waals surface area contributed by atoms with Crippen LogP contribution in [-0.2, 0) is 13.0 Å². The van der Waals surface area contributed by atoms with Gasteiger partial charge in [-0.1, -0.05) is 18.2 Å². The number of aryl methyl sites for hydroxylation is 1. The quantitative estimate of drug-likeness (QED) is 0.702. The van der Waals surface area contributed by atoms with Gasteiger partial charge in [0.15, 0.2) is 0 Å². The second-order valence-electron chi connectivity index (χ2n) is 4.11. The average molecular weight is 198 g/mol. The third-order valence-corrected chi connectivity index (χ3v) is 3.20. The summed E-state index contributed by atoms with van der Waals surface area (Å²) in [5.41, 5.74) is 5.21. The van der Waals surface area contributed by atoms with Crippen molar-refractivity contribution in [2.24, 2.45) is 0 Å². The molecule has 2 nitrogen and oxygen atoms in total. The van der Waals surface area contributed by atoms with Crippen LogP contribution in [0.3, 0.4) is 0 Å². The topological polar surface area (TPSA) is 24.9 Å². The van der Waals surface area contributed by atoms with Crippen molar-refractivity contribution in [2.45, 2.75) is 19.9 Å². The van der Waals surface area contributed by atoms with E-state index in [-0.39, 0.29) is 0 Å². The summed E-state index contributed by atoms with van der Waals surface area (Å²) in [4.78, 5) is 4.74. The van der Waals surface area contributed by atoms with Crippen molar-refractivity contribution in [3.8, 4) is 0 Å². The molecule has 76 valence electrons. The van der Waals surface area contributed by atoms with Gasteiger partial charge in [0.2, 0.25) is 0 Å². The lowest BCUT2D eigenvalue weighted by molar-refractivity contribution is 0.630. The molecule has 0 unspecified atom stereocenters. The highest BCUT2D eigenvalue weighted by molar-refractivity contribution is 5.83. The average Bonchev–Trinajstić information content (AvgIpc) is 2.30. The minimum absolute atomic E-state index is 0.971. The fourth-order valence-corrected chi connectivity index (χ4v) is 2.34. The van der Waals surface area contributed by atoms with E-state index < -0.39 is 0 Å². The molecule has 1 aromatic carbocycles. The first-order valence-corrected chi connectivity index (χ1v) is 5.44. The summed E-state index contributed by atoms with van der Waals surface area (Å²) in [5, 5.41) is 4.70. The highest BCUT2D eigenvalue weighted by Crippen LogP contribution is 2.24. The van der Waals surface area contributed by atoms with Gasteiger partial charge in [-0.15, -0.1) is 0 Å². The number of fused-ring (bicyclic) bond motifs is 2. The number of rotatable bonds is 0. The van der Waals surface area contributed by atoms with Crippen LogP contribution in [0.15, 0.2) is 24.3 Å². The van der Waals surface area contributed by atoms with Gasteiger partial charge in [0.05, 0.1) is 5.52 Å². The van der Waals surface area contributed by atoms with Crippen LogP contribution < -0.4 is 5.32 Å². The van der Waals surface area contributed by atoms with E-state index in [1.54, 1.807) is 0 Å². The normalized spacial score (nSPS) is 15.3. The maximum atomic E-state index is 4.74. The predicted octanol–water partition coefficient (Wildman–Crippen LogP) is 2.19. The molecule has 0 amide bonds. The van der Waals surface area contributed by atoms with Crippen molar-refractivity contribution in [1.82, 2.24) is 10.3 Å². The molecule has 0 fully saturated rings. The SMILES string of the molecule is Cc1c2c(nc3ccccc13)CCNC2. The standard InChI is InChI=1S/C13H14N2/c1-9-10-4-2-3-5-12(10)15-13-6-7-14-8-11(9)13/h2-5,14H,6-8H2,1H3. The summed E-state index contributed by atoms with van der Waals surface area (Å²) >= 11 is 0. The number of hydrogen-bond donors (Lipinski definition) is 1. The second-order valence-corrected chi connectivity index (χ2v) is 4.11. The number of nitrogens with one attached hydrogen (secondary N) is 1. The zero-order valence-corrected chi connectivity index (χ0v) is 8.88. The van der Waals surface area contributed by atoms with Gasteiger partial charge < -0.3 is 5.32 Å². The van der Waals surface area contributed by atoms with Crippen molar-refractivity contribution in [1.29, 1.82) is 0 Å². The lowest BCUT2D eigenvalue weighted by Crippen LogP contribution is -2.25. The van der Waals surface area contributed by atoms with Crippen molar-refractivity contribution in [2.75, 3.05) is 6.54 Å². The first kappa shape index (κ1) is 8.86. The molecule has 2 aromatic rings. The first-order chi connectivity index (χ1) is 7.36. The Balaban J connectivity index is 2.36. The van der Waals surface area contributed by atoms with Gasteiger partial charge in [-0.2, -0.15) is 0 Å². The largest absolute Gasteiger partial charge is 0.312 e. The Labute approximate surface area is 89.3 Å². The van der Waals surface area contributed by atoms with Crippen molar-refractivity contribution in [3.63, 3.8) is 0 Å². The molecule has 3 rings (SSSR count). The smallest absolute Gasteiger partial charge is 0.0708 e. The maximum Gasteiger partial charge on any atom is 0.0708 e. The Morgan fingerprint density at radius 3 is 3.07 bits per heavy atom. The van der Waals surface area contributed by atoms with Crippen molar-refractivity contribution >= 4 is 10.9 Å². The zero-order valence-electron chi connectivity index (χ0n) is 8.88. The molecule has 0 saturated heterocycles. The summed E-state index contributed by atoms with van der Waals surface area (Å²) < 4.78 is 0. The molecule has 2 heteroatoms. The van der Waals surface area contributed by atoms with Gasteiger partial charge in [-0.25, -0.2) is 0 Å². The molecule has 0 aliphatic carbocycles. The summed E-state index contributed by atoms with van der Waals surface area (Å²) in [5.74, 6) is 0. The number of aromatic nitrogens is 1. The Morgan fingerprint density at radius 1 is 1.27 bits per heavy atom. The van der Waals surface area contributed by atoms with E-state index in [1.807, 2.05) is 0 Å². The van der Waals surface area contributed by atoms with Crippen LogP contribution in [0, 0.1) is 6.92 Å². The first-order valence-electron chi connectivity index (χ1n) is 5.44. The van der Waals surface area contributed by atoms with Crippen LogP contribution in [0.25, 0.3) is 10.9 Å². The van der Waals surface area contributed by atoms with Gasteiger partial charge in [-0.05, 0) is 24.1 Å². The lowest BCUT2D eigenvalue weighted by Gasteiger charge is -2.19. The number of hydrogen-bond acceptors (Lipinski definition) is 2. The van der Waals surface area contributed by atoms with Gasteiger partial charge in [0, 0.05) is 30.6 Å². The molecule has 0 radical (unpaired) electrons. The molecule has 15 heavy (non-hydrogen) atoms. The molecule has 1 aromatic heterocycles. The van der Waals surface area contributed by atoms with E-state index >= 15 is 0 Å². The molecular formula is C13H14N2. The van der Waals surface area contributed by atoms with Gasteiger partial charge in [0.1, 0.15) is 0 Å². The van der Waals surface area contributed by atoms with Gasteiger partial charge in [-0.3, -0.25) is 4.98 Å². The highest BCUT2D eigenvalue weighted by atomic mass is 14.9. The molecular weight excluding hydrogens is 184 g/mol. The molecule has 1 aliphatic rings. The predicted molar refractivity (Wildman–Crippen MR) is 61.9 cm³/mol. The van der Waals surface area contributed by atoms with E-state index in [2.05, 4.69) is 36.5 Å². The molecule has 2 heterocycles. The highest BCUT2D eigenvalue weighted by Gasteiger charge is 2.14. The summed E-state index contributed by atoms with van der Waals surface area (Å²) in [6, 6.07) is 8.40. The van der Waals surface area contributed by atoms with Crippen LogP contribution in [0.2, 0.25) is 0 Å². The van der Waals surface area contributed by atoms with Crippen LogP contribution in [0.1, 0.15) is 16.8 Å². The van der Waals surface area contributed by atoms with Crippen LogP contribution in [-0.4, -0.2) is 11.5 Å². The van der Waals surface area contributed by atoms with E-state index in [0.717, 1.165) is 25.0 Å². The Bertz CT molecular complexity index is 517. The minimum Gasteiger partial charge on any atom is -0.312 e. The maximum absolute atomic E-state index is 4.74. The fraction of sp³-hybridized carbons (Fsp3) is 0.308. The van der Waals surface area contributed by atoms with Crippen molar-refractivity contribution in [3.05, 3.63) is 41.1 Å². The number of para-hydroxylation sites is 1. The summed E-state index contributed by atoms with van der Waals surface area (Å²) in [7, 11) is 0. The third kappa shape index (κ3) is 1.33. The molecule has 0 bridgehead atoms. The van der Waals surface area contributed by atoms with Crippen LogP contribution >= 0.6 is 0 Å². The second kappa shape index (κ2) is 3.31. The van der Waals surface area contributed by atoms with E-state index in [9.17, 15) is 0 Å². The monoisotopic (exact) mass is 198 g/mol. The lowest BCUT2D eigenvalue weighted by atomic mass is 9.98. The van der Waals surface area contributed by atoms with Crippen LogP contribution in [0.4, 0.5) is 0 Å². The van der Waals surface area contributed by atoms with E-state index in [4.69, 9.17) is 4.98 Å². The summed E-state index contributed by atoms with van der Waals surface area (Å²) in [6.45, 7) is 4.23. The van der Waals surface area contributed by atoms with Crippen molar-refractivity contribution < 1.29 is 0 Å². The Kier molecular flexibility index (Phi) is 1.96. The summed E-state index contributed by atoms with van der Waals surface area (Å²) in [6.07, 6.45) is 1.06. The molecule has 0 saturated carbocycles. The fourth-order valence-electron chi connectivity index (χ4n) is 2.34. The Morgan fingerprint density at radius 2 is 2.13 bits per heavy atom. The van der Waals surface area contributed by atoms with Gasteiger partial charge >= 0.3 is 0 Å². The molecule has 0 atom stereocenters. The zero-order chi connectivity index (χ0) is 10.3. The Hall–Kier alpha value is -1.41. The van der Waals surface area contributed by atoms with E-state index in [0.29, 0.717) is 0 Å². The number of benzene rings is 1. The molecule has 1 aliphatic heterocycles. The molecule has 0 spiro atoms. The van der Waals surface area contributed by atoms with E-state index in [1.165, 1.54) is 22.2 Å². The van der Waals surface area contributed by atoms with Crippen LogP contribution in [0.5, 0.6) is 0 Å². The van der Waals surface area contributed by atoms with Gasteiger partial charge in [0.25, 0.3) is 0 Å².